The van der Waals surface area contributed by atoms with Crippen LogP contribution in [0, 0.1) is 0 Å². The maximum Gasteiger partial charge on any atom is 0.153 e. The molecule has 1 aliphatic rings. The van der Waals surface area contributed by atoms with Crippen LogP contribution in [0.3, 0.4) is 0 Å². The lowest BCUT2D eigenvalue weighted by Gasteiger charge is -2.34. The minimum Gasteiger partial charge on any atom is -0.330 e. The molecule has 0 amide bonds. The van der Waals surface area contributed by atoms with Crippen molar-refractivity contribution in [1.82, 2.24) is 9.80 Å². The molecule has 1 heterocycles. The minimum absolute atomic E-state index is 0.258. The first kappa shape index (κ1) is 17.9. The average Bonchev–Trinajstić information content (AvgIpc) is 2.42. The van der Waals surface area contributed by atoms with E-state index in [0.29, 0.717) is 12.3 Å². The van der Waals surface area contributed by atoms with E-state index in [1.54, 1.807) is 13.8 Å². The average molecular weight is 305 g/mol. The number of hydrogen-bond donors (Lipinski definition) is 1. The van der Waals surface area contributed by atoms with Crippen molar-refractivity contribution in [1.29, 1.82) is 0 Å². The van der Waals surface area contributed by atoms with Gasteiger partial charge < -0.3 is 10.6 Å². The number of nitrogens with zero attached hydrogens (tertiary/aromatic N) is 2. The van der Waals surface area contributed by atoms with Gasteiger partial charge in [0.25, 0.3) is 0 Å². The Balaban J connectivity index is 2.16. The molecule has 0 aromatic carbocycles. The largest absolute Gasteiger partial charge is 0.330 e. The molecule has 0 radical (unpaired) electrons. The smallest absolute Gasteiger partial charge is 0.153 e. The molecule has 1 aliphatic heterocycles. The van der Waals surface area contributed by atoms with Crippen molar-refractivity contribution in [3.63, 3.8) is 0 Å². The van der Waals surface area contributed by atoms with Crippen LogP contribution in [-0.2, 0) is 9.84 Å². The molecule has 20 heavy (non-hydrogen) atoms. The highest BCUT2D eigenvalue weighted by molar-refractivity contribution is 7.92. The summed E-state index contributed by atoms with van der Waals surface area (Å²) in [6.45, 7) is 10.2. The highest BCUT2D eigenvalue weighted by Crippen LogP contribution is 2.06. The second-order valence-corrected chi connectivity index (χ2v) is 8.63. The predicted octanol–water partition coefficient (Wildman–Crippen LogP) is 0.556. The van der Waals surface area contributed by atoms with Crippen molar-refractivity contribution in [2.24, 2.45) is 5.73 Å². The molecule has 2 N–H and O–H groups in total. The van der Waals surface area contributed by atoms with Gasteiger partial charge in [-0.1, -0.05) is 6.42 Å². The van der Waals surface area contributed by atoms with Crippen LogP contribution in [-0.4, -0.2) is 75.0 Å². The molecule has 1 rings (SSSR count). The van der Waals surface area contributed by atoms with Gasteiger partial charge >= 0.3 is 0 Å². The van der Waals surface area contributed by atoms with Crippen LogP contribution >= 0.6 is 0 Å². The van der Waals surface area contributed by atoms with Crippen molar-refractivity contribution in [3.8, 4) is 0 Å². The lowest BCUT2D eigenvalue weighted by Crippen LogP contribution is -2.48. The Bertz CT molecular complexity index is 349. The van der Waals surface area contributed by atoms with Gasteiger partial charge in [0.1, 0.15) is 0 Å². The van der Waals surface area contributed by atoms with Gasteiger partial charge in [0.05, 0.1) is 11.0 Å². The Kier molecular flexibility index (Phi) is 8.02. The molecule has 6 heteroatoms. The fourth-order valence-corrected chi connectivity index (χ4v) is 3.37. The van der Waals surface area contributed by atoms with Gasteiger partial charge in [-0.05, 0) is 39.8 Å². The summed E-state index contributed by atoms with van der Waals surface area (Å²) in [4.78, 5) is 4.75. The minimum atomic E-state index is -2.90. The van der Waals surface area contributed by atoms with Crippen LogP contribution in [0.2, 0.25) is 0 Å². The monoisotopic (exact) mass is 305 g/mol. The Labute approximate surface area is 124 Å². The first-order valence-electron chi connectivity index (χ1n) is 7.82. The third-order valence-electron chi connectivity index (χ3n) is 4.05. The standard InChI is InChI=1S/C14H31N3O2S/c1-14(2)20(18,19)13-12-17-10-8-16(9-11-17)7-5-3-4-6-15/h14H,3-13,15H2,1-2H3. The molecule has 120 valence electrons. The van der Waals surface area contributed by atoms with Crippen molar-refractivity contribution < 1.29 is 8.42 Å². The number of piperazine rings is 1. The summed E-state index contributed by atoms with van der Waals surface area (Å²) in [5, 5.41) is -0.258. The van der Waals surface area contributed by atoms with Gasteiger partial charge in [0.15, 0.2) is 9.84 Å². The number of hydrogen-bond acceptors (Lipinski definition) is 5. The van der Waals surface area contributed by atoms with Crippen molar-refractivity contribution in [3.05, 3.63) is 0 Å². The molecular formula is C14H31N3O2S. The van der Waals surface area contributed by atoms with E-state index in [1.807, 2.05) is 0 Å². The maximum absolute atomic E-state index is 11.8. The molecule has 0 atom stereocenters. The molecule has 1 fully saturated rings. The van der Waals surface area contributed by atoms with Crippen LogP contribution in [0.5, 0.6) is 0 Å². The van der Waals surface area contributed by atoms with Crippen LogP contribution in [0.1, 0.15) is 33.1 Å². The van der Waals surface area contributed by atoms with Gasteiger partial charge in [-0.3, -0.25) is 4.90 Å². The van der Waals surface area contributed by atoms with Gasteiger partial charge in [0.2, 0.25) is 0 Å². The molecule has 0 aromatic heterocycles. The first-order valence-corrected chi connectivity index (χ1v) is 9.53. The summed E-state index contributed by atoms with van der Waals surface area (Å²) >= 11 is 0. The van der Waals surface area contributed by atoms with E-state index in [-0.39, 0.29) is 5.25 Å². The van der Waals surface area contributed by atoms with Gasteiger partial charge in [-0.2, -0.15) is 0 Å². The Hall–Kier alpha value is -0.170. The second-order valence-electron chi connectivity index (χ2n) is 5.95. The SMILES string of the molecule is CC(C)S(=O)(=O)CCN1CCN(CCCCCN)CC1. The lowest BCUT2D eigenvalue weighted by molar-refractivity contribution is 0.136. The predicted molar refractivity (Wildman–Crippen MR) is 84.7 cm³/mol. The molecule has 0 saturated carbocycles. The molecule has 5 nitrogen and oxygen atoms in total. The zero-order valence-electron chi connectivity index (χ0n) is 13.1. The van der Waals surface area contributed by atoms with E-state index in [4.69, 9.17) is 5.73 Å². The van der Waals surface area contributed by atoms with Crippen molar-refractivity contribution >= 4 is 9.84 Å². The van der Waals surface area contributed by atoms with Crippen LogP contribution in [0.25, 0.3) is 0 Å². The van der Waals surface area contributed by atoms with Crippen LogP contribution < -0.4 is 5.73 Å². The lowest BCUT2D eigenvalue weighted by atomic mass is 10.2. The quantitative estimate of drug-likeness (QED) is 0.630. The fraction of sp³-hybridized carbons (Fsp3) is 1.00. The molecule has 0 aliphatic carbocycles. The van der Waals surface area contributed by atoms with Gasteiger partial charge in [0, 0.05) is 32.7 Å². The zero-order chi connectivity index (χ0) is 15.0. The Morgan fingerprint density at radius 2 is 1.50 bits per heavy atom. The van der Waals surface area contributed by atoms with E-state index in [9.17, 15) is 8.42 Å². The van der Waals surface area contributed by atoms with E-state index in [1.165, 1.54) is 12.8 Å². The fourth-order valence-electron chi connectivity index (χ4n) is 2.39. The Morgan fingerprint density at radius 3 is 2.00 bits per heavy atom. The normalized spacial score (nSPS) is 18.8. The van der Waals surface area contributed by atoms with E-state index in [2.05, 4.69) is 9.80 Å². The van der Waals surface area contributed by atoms with E-state index in [0.717, 1.165) is 45.7 Å². The van der Waals surface area contributed by atoms with Gasteiger partial charge in [-0.15, -0.1) is 0 Å². The summed E-state index contributed by atoms with van der Waals surface area (Å²) in [5.74, 6) is 0.293. The highest BCUT2D eigenvalue weighted by atomic mass is 32.2. The molecule has 1 saturated heterocycles. The third kappa shape index (κ3) is 6.52. The summed E-state index contributed by atoms with van der Waals surface area (Å²) in [7, 11) is -2.90. The molecule has 0 aromatic rings. The molecular weight excluding hydrogens is 274 g/mol. The summed E-state index contributed by atoms with van der Waals surface area (Å²) < 4.78 is 23.6. The zero-order valence-corrected chi connectivity index (χ0v) is 13.9. The van der Waals surface area contributed by atoms with E-state index >= 15 is 0 Å². The highest BCUT2D eigenvalue weighted by Gasteiger charge is 2.20. The van der Waals surface area contributed by atoms with Crippen LogP contribution in [0.4, 0.5) is 0 Å². The van der Waals surface area contributed by atoms with Crippen molar-refractivity contribution in [2.45, 2.75) is 38.4 Å². The number of unbranched alkanes of at least 4 members (excludes halogenated alkanes) is 2. The van der Waals surface area contributed by atoms with Crippen molar-refractivity contribution in [2.75, 3.05) is 51.6 Å². The van der Waals surface area contributed by atoms with Gasteiger partial charge in [-0.25, -0.2) is 8.42 Å². The summed E-state index contributed by atoms with van der Waals surface area (Å²) in [6, 6.07) is 0. The number of rotatable bonds is 9. The van der Waals surface area contributed by atoms with Crippen LogP contribution in [0.15, 0.2) is 0 Å². The third-order valence-corrected chi connectivity index (χ3v) is 6.24. The summed E-state index contributed by atoms with van der Waals surface area (Å²) in [6.07, 6.45) is 3.55. The topological polar surface area (TPSA) is 66.6 Å². The molecule has 0 spiro atoms. The molecule has 0 bridgehead atoms. The maximum atomic E-state index is 11.8. The second kappa shape index (κ2) is 8.97. The number of sulfone groups is 1. The van der Waals surface area contributed by atoms with E-state index < -0.39 is 9.84 Å². The number of nitrogens with two attached hydrogens (primary N) is 1. The summed E-state index contributed by atoms with van der Waals surface area (Å²) in [5.41, 5.74) is 5.49. The Morgan fingerprint density at radius 1 is 0.950 bits per heavy atom. The first-order chi connectivity index (χ1) is 9.45. The molecule has 0 unspecified atom stereocenters.